The first-order chi connectivity index (χ1) is 7.58. The van der Waals surface area contributed by atoms with Crippen LogP contribution in [0.15, 0.2) is 33.2 Å². The highest BCUT2D eigenvalue weighted by atomic mass is 79.9. The summed E-state index contributed by atoms with van der Waals surface area (Å²) in [5, 5.41) is 2.03. The summed E-state index contributed by atoms with van der Waals surface area (Å²) in [5.41, 5.74) is 0.767. The molecule has 0 spiro atoms. The van der Waals surface area contributed by atoms with Gasteiger partial charge in [-0.05, 0) is 32.3 Å². The number of carbonyl (C=O) groups excluding carboxylic acids is 1. The van der Waals surface area contributed by atoms with E-state index in [1.807, 2.05) is 25.5 Å². The third-order valence-electron chi connectivity index (χ3n) is 2.04. The maximum Gasteiger partial charge on any atom is 0.187 e. The molecule has 16 heavy (non-hydrogen) atoms. The van der Waals surface area contributed by atoms with Gasteiger partial charge in [0, 0.05) is 20.3 Å². The van der Waals surface area contributed by atoms with Gasteiger partial charge in [-0.3, -0.25) is 9.69 Å². The fraction of sp³-hybridized carbons (Fsp3) is 0.182. The zero-order valence-electron chi connectivity index (χ0n) is 8.86. The van der Waals surface area contributed by atoms with Crippen LogP contribution in [0.2, 0.25) is 0 Å². The molecule has 0 fully saturated rings. The molecule has 1 aliphatic heterocycles. The second kappa shape index (κ2) is 4.87. The van der Waals surface area contributed by atoms with E-state index in [1.54, 1.807) is 34.9 Å². The van der Waals surface area contributed by atoms with E-state index in [2.05, 4.69) is 20.8 Å². The Bertz CT molecular complexity index is 508. The van der Waals surface area contributed by atoms with Gasteiger partial charge in [0.1, 0.15) is 4.32 Å². The van der Waals surface area contributed by atoms with Gasteiger partial charge in [0.2, 0.25) is 0 Å². The Balaban J connectivity index is 2.31. The van der Waals surface area contributed by atoms with E-state index in [0.29, 0.717) is 0 Å². The van der Waals surface area contributed by atoms with Crippen LogP contribution in [0.4, 0.5) is 0 Å². The largest absolute Gasteiger partial charge is 0.289 e. The minimum absolute atomic E-state index is 0.0718. The predicted molar refractivity (Wildman–Crippen MR) is 78.1 cm³/mol. The third-order valence-corrected chi connectivity index (χ3v) is 5.24. The van der Waals surface area contributed by atoms with Gasteiger partial charge in [0.15, 0.2) is 5.78 Å². The maximum atomic E-state index is 11.7. The number of hydrogen-bond acceptors (Lipinski definition) is 3. The number of carbonyl (C=O) groups is 1. The Hall–Kier alpha value is -0.360. The quantitative estimate of drug-likeness (QED) is 0.506. The molecule has 0 saturated heterocycles. The van der Waals surface area contributed by atoms with E-state index in [4.69, 9.17) is 0 Å². The van der Waals surface area contributed by atoms with Crippen LogP contribution in [0, 0.1) is 0 Å². The van der Waals surface area contributed by atoms with Gasteiger partial charge in [0.25, 0.3) is 0 Å². The van der Waals surface area contributed by atoms with Crippen molar-refractivity contribution in [2.75, 3.05) is 14.1 Å². The Morgan fingerprint density at radius 1 is 1.31 bits per heavy atom. The summed E-state index contributed by atoms with van der Waals surface area (Å²) in [7, 11) is 5.67. The first kappa shape index (κ1) is 12.1. The summed E-state index contributed by atoms with van der Waals surface area (Å²) >= 11 is 5.03. The maximum absolute atomic E-state index is 11.7. The molecule has 2 rings (SSSR count). The normalized spacial score (nSPS) is 24.6. The van der Waals surface area contributed by atoms with Crippen LogP contribution in [0.3, 0.4) is 0 Å². The van der Waals surface area contributed by atoms with Crippen LogP contribution < -0.4 is 0 Å². The summed E-state index contributed by atoms with van der Waals surface area (Å²) in [6, 6.07) is 0. The SMILES string of the molecule is CN(C)C1=S=C/C(=C2/C=C(Br)C=CC2=O)S1. The van der Waals surface area contributed by atoms with Crippen LogP contribution in [0.5, 0.6) is 0 Å². The number of allylic oxidation sites excluding steroid dienone is 6. The minimum atomic E-state index is 0.0718. The molecule has 1 aliphatic carbocycles. The van der Waals surface area contributed by atoms with Crippen LogP contribution in [0.25, 0.3) is 0 Å². The molecule has 0 aromatic carbocycles. The molecular formula is C11H10BrNOS2. The lowest BCUT2D eigenvalue weighted by atomic mass is 10.1. The molecule has 0 amide bonds. The van der Waals surface area contributed by atoms with Crippen molar-refractivity contribution in [2.45, 2.75) is 0 Å². The molecule has 0 unspecified atom stereocenters. The van der Waals surface area contributed by atoms with Crippen molar-refractivity contribution in [3.8, 4) is 0 Å². The second-order valence-electron chi connectivity index (χ2n) is 3.50. The zero-order valence-corrected chi connectivity index (χ0v) is 12.1. The van der Waals surface area contributed by atoms with Crippen LogP contribution in [-0.4, -0.2) is 34.5 Å². The Morgan fingerprint density at radius 2 is 2.06 bits per heavy atom. The molecule has 0 bridgehead atoms. The first-order valence-electron chi connectivity index (χ1n) is 4.64. The fourth-order valence-corrected chi connectivity index (χ4v) is 3.75. The monoisotopic (exact) mass is 315 g/mol. The van der Waals surface area contributed by atoms with Gasteiger partial charge in [0.05, 0.1) is 0 Å². The van der Waals surface area contributed by atoms with Crippen molar-refractivity contribution in [1.82, 2.24) is 4.90 Å². The predicted octanol–water partition coefficient (Wildman–Crippen LogP) is 2.59. The van der Waals surface area contributed by atoms with Crippen molar-refractivity contribution in [1.29, 1.82) is 0 Å². The van der Waals surface area contributed by atoms with Gasteiger partial charge in [-0.2, -0.15) is 0 Å². The summed E-state index contributed by atoms with van der Waals surface area (Å²) in [5.74, 6) is 0.0718. The smallest absolute Gasteiger partial charge is 0.187 e. The van der Waals surface area contributed by atoms with E-state index in [1.165, 1.54) is 4.32 Å². The van der Waals surface area contributed by atoms with Gasteiger partial charge in [-0.15, -0.1) is 10.9 Å². The van der Waals surface area contributed by atoms with Crippen LogP contribution in [0.1, 0.15) is 0 Å². The molecule has 0 N–H and O–H groups in total. The van der Waals surface area contributed by atoms with Crippen molar-refractivity contribution >= 4 is 54.1 Å². The molecule has 2 aliphatic rings. The highest BCUT2D eigenvalue weighted by molar-refractivity contribution is 9.11. The van der Waals surface area contributed by atoms with E-state index in [9.17, 15) is 4.79 Å². The standard InChI is InChI=1S/C11H10BrNOS2/c1-13(2)11-15-6-10(16-11)8-5-7(12)3-4-9(8)14/h3-6H,1-2H3/b10-8+. The lowest BCUT2D eigenvalue weighted by Crippen LogP contribution is -2.15. The molecular weight excluding hydrogens is 306 g/mol. The molecule has 2 nitrogen and oxygen atoms in total. The Kier molecular flexibility index (Phi) is 3.69. The molecule has 0 radical (unpaired) electrons. The van der Waals surface area contributed by atoms with Crippen molar-refractivity contribution in [3.05, 3.63) is 33.2 Å². The molecule has 0 saturated carbocycles. The average Bonchev–Trinajstić information content (AvgIpc) is 2.70. The van der Waals surface area contributed by atoms with Gasteiger partial charge in [-0.25, -0.2) is 0 Å². The average molecular weight is 316 g/mol. The van der Waals surface area contributed by atoms with Crippen LogP contribution in [-0.2, 0) is 4.79 Å². The van der Waals surface area contributed by atoms with Crippen molar-refractivity contribution < 1.29 is 4.79 Å². The molecule has 0 aromatic rings. The van der Waals surface area contributed by atoms with Gasteiger partial charge >= 0.3 is 0 Å². The highest BCUT2D eigenvalue weighted by Gasteiger charge is 2.18. The zero-order chi connectivity index (χ0) is 11.7. The van der Waals surface area contributed by atoms with E-state index in [0.717, 1.165) is 15.0 Å². The van der Waals surface area contributed by atoms with E-state index < -0.39 is 0 Å². The molecule has 84 valence electrons. The molecule has 1 heterocycles. The number of halogens is 1. The number of rotatable bonds is 0. The summed E-state index contributed by atoms with van der Waals surface area (Å²) in [4.78, 5) is 14.8. The van der Waals surface area contributed by atoms with E-state index >= 15 is 0 Å². The number of ketones is 1. The highest BCUT2D eigenvalue weighted by Crippen LogP contribution is 2.30. The second-order valence-corrected chi connectivity index (χ2v) is 6.57. The minimum Gasteiger partial charge on any atom is -0.289 e. The summed E-state index contributed by atoms with van der Waals surface area (Å²) < 4.78 is 2.13. The fourth-order valence-electron chi connectivity index (χ4n) is 1.26. The van der Waals surface area contributed by atoms with Gasteiger partial charge in [-0.1, -0.05) is 27.7 Å². The topological polar surface area (TPSA) is 20.3 Å². The molecule has 5 heteroatoms. The lowest BCUT2D eigenvalue weighted by molar-refractivity contribution is -0.111. The third kappa shape index (κ3) is 2.48. The Labute approximate surface area is 111 Å². The van der Waals surface area contributed by atoms with Crippen molar-refractivity contribution in [2.24, 2.45) is 0 Å². The number of thioether (sulfide) groups is 1. The van der Waals surface area contributed by atoms with E-state index in [-0.39, 0.29) is 5.78 Å². The molecule has 0 atom stereocenters. The van der Waals surface area contributed by atoms with Crippen molar-refractivity contribution in [3.63, 3.8) is 0 Å². The summed E-state index contributed by atoms with van der Waals surface area (Å²) in [6.45, 7) is 0. The number of hydrogen-bond donors (Lipinski definition) is 0. The first-order valence-corrected chi connectivity index (χ1v) is 7.13. The molecule has 0 aromatic heterocycles. The van der Waals surface area contributed by atoms with Gasteiger partial charge < -0.3 is 0 Å². The Morgan fingerprint density at radius 3 is 2.69 bits per heavy atom. The van der Waals surface area contributed by atoms with Crippen LogP contribution >= 0.6 is 38.6 Å². The number of nitrogens with zero attached hydrogens (tertiary/aromatic N) is 1. The summed E-state index contributed by atoms with van der Waals surface area (Å²) in [6.07, 6.45) is 5.25. The lowest BCUT2D eigenvalue weighted by Gasteiger charge is -2.10.